The average Bonchev–Trinajstić information content (AvgIpc) is 2.71. The summed E-state index contributed by atoms with van der Waals surface area (Å²) in [7, 11) is 1.88. The molecule has 0 aliphatic carbocycles. The number of esters is 1. The summed E-state index contributed by atoms with van der Waals surface area (Å²) in [6.45, 7) is 17.0. The molecule has 0 heterocycles. The first-order valence-electron chi connectivity index (χ1n) is 12.2. The molecule has 6 atom stereocenters. The number of hydrogen-bond donors (Lipinski definition) is 1. The summed E-state index contributed by atoms with van der Waals surface area (Å²) in [5.41, 5.74) is 0. The number of ether oxygens (including phenoxy) is 2. The maximum atomic E-state index is 13.1. The van der Waals surface area contributed by atoms with Gasteiger partial charge in [-0.2, -0.15) is 0 Å². The average molecular weight is 579 g/mol. The first kappa shape index (κ1) is 31.8. The van der Waals surface area contributed by atoms with Crippen molar-refractivity contribution in [2.24, 2.45) is 23.7 Å². The predicted octanol–water partition coefficient (Wildman–Crippen LogP) is 6.55. The Balaban J connectivity index is 5.21. The molecule has 0 radical (unpaired) electrons. The second kappa shape index (κ2) is 17.2. The number of alkyl halides is 1. The van der Waals surface area contributed by atoms with Crippen LogP contribution < -0.4 is 5.32 Å². The zero-order chi connectivity index (χ0) is 25.6. The van der Waals surface area contributed by atoms with Gasteiger partial charge in [0.05, 0.1) is 0 Å². The third kappa shape index (κ3) is 14.6. The first-order chi connectivity index (χ1) is 15.4. The summed E-state index contributed by atoms with van der Waals surface area (Å²) in [5.74, 6) is 1.44. The summed E-state index contributed by atoms with van der Waals surface area (Å²) in [6, 6.07) is 0.00269. The monoisotopic (exact) mass is 578 g/mol. The molecule has 0 spiro atoms. The quantitative estimate of drug-likeness (QED) is 0.0785. The van der Waals surface area contributed by atoms with Gasteiger partial charge in [-0.05, 0) is 63.0 Å². The van der Waals surface area contributed by atoms with E-state index in [-0.39, 0.29) is 15.9 Å². The molecule has 0 saturated heterocycles. The minimum absolute atomic E-state index is 0.00269. The number of allylic oxidation sites excluding steroid dienone is 3. The zero-order valence-corrected chi connectivity index (χ0v) is 24.3. The molecule has 0 fully saturated rings. The van der Waals surface area contributed by atoms with Gasteiger partial charge < -0.3 is 19.7 Å². The van der Waals surface area contributed by atoms with Gasteiger partial charge in [0.15, 0.2) is 0 Å². The molecular formula is C26H47IN2O4. The van der Waals surface area contributed by atoms with Crippen molar-refractivity contribution in [3.05, 3.63) is 24.4 Å². The van der Waals surface area contributed by atoms with Crippen molar-refractivity contribution in [1.29, 1.82) is 0 Å². The highest BCUT2D eigenvalue weighted by molar-refractivity contribution is 14.1. The molecule has 0 aliphatic rings. The predicted molar refractivity (Wildman–Crippen MR) is 145 cm³/mol. The van der Waals surface area contributed by atoms with Crippen LogP contribution in [0.1, 0.15) is 74.7 Å². The fourth-order valence-electron chi connectivity index (χ4n) is 3.31. The fraction of sp³-hybridized carbons (Fsp3) is 0.769. The fourth-order valence-corrected chi connectivity index (χ4v) is 3.45. The molecule has 1 N–H and O–H groups in total. The molecule has 0 rings (SSSR count). The number of carbonyl (C=O) groups excluding carboxylic acids is 2. The van der Waals surface area contributed by atoms with Crippen molar-refractivity contribution >= 4 is 34.7 Å². The zero-order valence-electron chi connectivity index (χ0n) is 22.1. The van der Waals surface area contributed by atoms with E-state index in [4.69, 9.17) is 9.47 Å². The van der Waals surface area contributed by atoms with Gasteiger partial charge in [0.1, 0.15) is 3.92 Å². The van der Waals surface area contributed by atoms with E-state index in [1.807, 2.05) is 35.8 Å². The Kier molecular flexibility index (Phi) is 16.6. The molecule has 0 bridgehead atoms. The minimum atomic E-state index is -0.921. The van der Waals surface area contributed by atoms with E-state index in [9.17, 15) is 9.59 Å². The topological polar surface area (TPSA) is 67.9 Å². The largest absolute Gasteiger partial charge is 0.425 e. The van der Waals surface area contributed by atoms with Crippen LogP contribution in [-0.4, -0.2) is 46.8 Å². The lowest BCUT2D eigenvalue weighted by Crippen LogP contribution is -2.44. The number of carbonyl (C=O) groups is 2. The first-order valence-corrected chi connectivity index (χ1v) is 13.4. The van der Waals surface area contributed by atoms with Crippen molar-refractivity contribution < 1.29 is 19.1 Å². The minimum Gasteiger partial charge on any atom is -0.425 e. The van der Waals surface area contributed by atoms with E-state index in [0.29, 0.717) is 24.3 Å². The van der Waals surface area contributed by atoms with Crippen LogP contribution in [0.2, 0.25) is 0 Å². The van der Waals surface area contributed by atoms with E-state index in [1.165, 1.54) is 0 Å². The third-order valence-corrected chi connectivity index (χ3v) is 6.25. The van der Waals surface area contributed by atoms with Gasteiger partial charge in [0.2, 0.25) is 6.29 Å². The van der Waals surface area contributed by atoms with E-state index in [1.54, 1.807) is 18.7 Å². The van der Waals surface area contributed by atoms with Crippen molar-refractivity contribution in [3.8, 4) is 0 Å². The molecule has 0 aromatic rings. The number of halogens is 1. The molecule has 1 amide bonds. The lowest BCUT2D eigenvalue weighted by Gasteiger charge is -2.33. The molecule has 33 heavy (non-hydrogen) atoms. The smallest absolute Gasteiger partial charge is 0.413 e. The van der Waals surface area contributed by atoms with Crippen LogP contribution in [0, 0.1) is 23.7 Å². The second-order valence-electron chi connectivity index (χ2n) is 9.65. The molecule has 6 nitrogen and oxygen atoms in total. The standard InChI is InChI=1S/C26H47IN2O4/c1-18(2)21(5)14-10-12-20(4)17-29(22(6)16-19(3)13-11-15-28-9)26(31)33-24(8)32-25(30)23(7)27/h10-11,14-15,18-24,28H,12-13,16-17H2,1-9H3/b14-10+,15-11+. The Labute approximate surface area is 216 Å². The van der Waals surface area contributed by atoms with Crippen molar-refractivity contribution in [2.75, 3.05) is 13.6 Å². The van der Waals surface area contributed by atoms with Gasteiger partial charge in [-0.25, -0.2) is 4.79 Å². The molecule has 6 unspecified atom stereocenters. The number of nitrogens with zero attached hydrogens (tertiary/aromatic N) is 1. The van der Waals surface area contributed by atoms with Gasteiger partial charge >= 0.3 is 12.1 Å². The van der Waals surface area contributed by atoms with Crippen molar-refractivity contribution in [2.45, 2.75) is 90.9 Å². The van der Waals surface area contributed by atoms with Gasteiger partial charge in [-0.15, -0.1) is 0 Å². The highest BCUT2D eigenvalue weighted by Gasteiger charge is 2.27. The summed E-state index contributed by atoms with van der Waals surface area (Å²) in [4.78, 5) is 26.7. The van der Waals surface area contributed by atoms with Crippen molar-refractivity contribution in [3.63, 3.8) is 0 Å². The Bertz CT molecular complexity index is 621. The summed E-state index contributed by atoms with van der Waals surface area (Å²) >= 11 is 1.98. The van der Waals surface area contributed by atoms with E-state index in [0.717, 1.165) is 19.3 Å². The molecule has 0 saturated carbocycles. The maximum Gasteiger partial charge on any atom is 0.413 e. The molecular weight excluding hydrogens is 531 g/mol. The number of hydrogen-bond acceptors (Lipinski definition) is 5. The van der Waals surface area contributed by atoms with Crippen LogP contribution >= 0.6 is 22.6 Å². The van der Waals surface area contributed by atoms with Crippen LogP contribution in [-0.2, 0) is 14.3 Å². The normalized spacial score (nSPS) is 17.4. The maximum absolute atomic E-state index is 13.1. The molecule has 0 aromatic heterocycles. The highest BCUT2D eigenvalue weighted by atomic mass is 127. The van der Waals surface area contributed by atoms with E-state index >= 15 is 0 Å². The molecule has 7 heteroatoms. The Morgan fingerprint density at radius 2 is 1.55 bits per heavy atom. The molecule has 192 valence electrons. The Morgan fingerprint density at radius 1 is 0.939 bits per heavy atom. The van der Waals surface area contributed by atoms with Crippen LogP contribution in [0.4, 0.5) is 4.79 Å². The third-order valence-electron chi connectivity index (χ3n) is 5.74. The second-order valence-corrected chi connectivity index (χ2v) is 11.5. The van der Waals surface area contributed by atoms with Gasteiger partial charge in [-0.1, -0.05) is 75.4 Å². The van der Waals surface area contributed by atoms with Crippen molar-refractivity contribution in [1.82, 2.24) is 10.2 Å². The SMILES string of the molecule is CN/C=C/CC(C)CC(C)N(CC(C)C/C=C/C(C)C(C)C)C(=O)OC(C)OC(=O)C(C)I. The number of nitrogens with one attached hydrogen (secondary N) is 1. The number of amides is 1. The number of rotatable bonds is 15. The van der Waals surface area contributed by atoms with Gasteiger partial charge in [-0.3, -0.25) is 4.79 Å². The van der Waals surface area contributed by atoms with Crippen LogP contribution in [0.3, 0.4) is 0 Å². The lowest BCUT2D eigenvalue weighted by atomic mass is 9.95. The van der Waals surface area contributed by atoms with Crippen LogP contribution in [0.15, 0.2) is 24.4 Å². The summed E-state index contributed by atoms with van der Waals surface area (Å²) in [5, 5.41) is 3.01. The van der Waals surface area contributed by atoms with Crippen LogP contribution in [0.25, 0.3) is 0 Å². The van der Waals surface area contributed by atoms with E-state index in [2.05, 4.69) is 65.1 Å². The van der Waals surface area contributed by atoms with E-state index < -0.39 is 18.4 Å². The lowest BCUT2D eigenvalue weighted by molar-refractivity contribution is -0.165. The molecule has 0 aromatic carbocycles. The Hall–Kier alpha value is -1.25. The molecule has 0 aliphatic heterocycles. The van der Waals surface area contributed by atoms with Crippen LogP contribution in [0.5, 0.6) is 0 Å². The van der Waals surface area contributed by atoms with Gasteiger partial charge in [0.25, 0.3) is 0 Å². The summed E-state index contributed by atoms with van der Waals surface area (Å²) in [6.07, 6.45) is 9.85. The highest BCUT2D eigenvalue weighted by Crippen LogP contribution is 2.20. The summed E-state index contributed by atoms with van der Waals surface area (Å²) < 4.78 is 10.4. The van der Waals surface area contributed by atoms with Gasteiger partial charge in [0, 0.05) is 26.6 Å². The Morgan fingerprint density at radius 3 is 2.09 bits per heavy atom.